The molecular weight excluding hydrogens is 260 g/mol. The van der Waals surface area contributed by atoms with Gasteiger partial charge in [0.05, 0.1) is 0 Å². The lowest BCUT2D eigenvalue weighted by Crippen LogP contribution is -2.18. The second kappa shape index (κ2) is 14.0. The average Bonchev–Trinajstić information content (AvgIpc) is 2.43. The lowest BCUT2D eigenvalue weighted by Gasteiger charge is -1.82. The molecule has 108 valence electrons. The molecule has 6 heteroatoms. The van der Waals surface area contributed by atoms with Crippen molar-refractivity contribution < 1.29 is 19.8 Å². The first-order valence-electron chi connectivity index (χ1n) is 5.34. The fourth-order valence-electron chi connectivity index (χ4n) is 0.856. The Bertz CT molecular complexity index is 408. The van der Waals surface area contributed by atoms with Gasteiger partial charge in [-0.25, -0.2) is 4.79 Å². The van der Waals surface area contributed by atoms with Crippen LogP contribution in [0.4, 0.5) is 4.79 Å². The van der Waals surface area contributed by atoms with Crippen LogP contribution in [-0.2, 0) is 4.79 Å². The molecule has 0 bridgehead atoms. The van der Waals surface area contributed by atoms with Crippen LogP contribution in [0.15, 0.2) is 60.7 Å². The summed E-state index contributed by atoms with van der Waals surface area (Å²) in [6.45, 7) is 2.00. The van der Waals surface area contributed by atoms with Gasteiger partial charge in [-0.05, 0) is 24.3 Å². The quantitative estimate of drug-likeness (QED) is 0.584. The van der Waals surface area contributed by atoms with Crippen molar-refractivity contribution in [2.24, 2.45) is 11.5 Å². The van der Waals surface area contributed by atoms with Crippen LogP contribution in [0.2, 0.25) is 0 Å². The van der Waals surface area contributed by atoms with Crippen LogP contribution < -0.4 is 11.5 Å². The number of hydrogen-bond donors (Lipinski definition) is 4. The van der Waals surface area contributed by atoms with E-state index >= 15 is 0 Å². The molecule has 2 aromatic carbocycles. The predicted octanol–water partition coefficient (Wildman–Crippen LogP) is 1.62. The number of amides is 2. The highest BCUT2D eigenvalue weighted by Crippen LogP contribution is 2.03. The van der Waals surface area contributed by atoms with Crippen molar-refractivity contribution in [3.63, 3.8) is 0 Å². The largest absolute Gasteiger partial charge is 0.508 e. The monoisotopic (exact) mass is 278 g/mol. The average molecular weight is 278 g/mol. The zero-order valence-corrected chi connectivity index (χ0v) is 10.8. The SMILES string of the molecule is C=O.NC(N)=O.Oc1ccccc1.Oc1ccccc1. The molecule has 2 rings (SSSR count). The molecule has 0 heterocycles. The highest BCUT2D eigenvalue weighted by molar-refractivity contribution is 5.69. The number of rotatable bonds is 0. The summed E-state index contributed by atoms with van der Waals surface area (Å²) in [6.07, 6.45) is 0. The number of aromatic hydroxyl groups is 2. The van der Waals surface area contributed by atoms with Crippen LogP contribution in [0.1, 0.15) is 0 Å². The Morgan fingerprint density at radius 2 is 0.950 bits per heavy atom. The molecular formula is C14H18N2O4. The molecule has 0 saturated carbocycles. The number of carbonyl (C=O) groups is 2. The van der Waals surface area contributed by atoms with E-state index in [2.05, 4.69) is 11.5 Å². The fourth-order valence-corrected chi connectivity index (χ4v) is 0.856. The topological polar surface area (TPSA) is 127 Å². The standard InChI is InChI=1S/2C6H6O.CH4N2O.CH2O/c2*7-6-4-2-1-3-5-6;2-1(3)4;1-2/h2*1-5,7H;(H4,2,3,4);1H2. The number of primary amides is 2. The van der Waals surface area contributed by atoms with E-state index in [1.165, 1.54) is 0 Å². The second-order valence-corrected chi connectivity index (χ2v) is 3.07. The molecule has 0 saturated heterocycles. The van der Waals surface area contributed by atoms with E-state index in [9.17, 15) is 0 Å². The van der Waals surface area contributed by atoms with Gasteiger partial charge < -0.3 is 26.5 Å². The first-order valence-corrected chi connectivity index (χ1v) is 5.34. The van der Waals surface area contributed by atoms with Gasteiger partial charge >= 0.3 is 6.03 Å². The molecule has 0 fully saturated rings. The summed E-state index contributed by atoms with van der Waals surface area (Å²) in [4.78, 5) is 17.0. The molecule has 2 aromatic rings. The van der Waals surface area contributed by atoms with Gasteiger partial charge in [-0.2, -0.15) is 0 Å². The van der Waals surface area contributed by atoms with Crippen LogP contribution in [-0.4, -0.2) is 23.0 Å². The molecule has 0 atom stereocenters. The van der Waals surface area contributed by atoms with Gasteiger partial charge in [0.25, 0.3) is 0 Å². The molecule has 2 amide bonds. The van der Waals surface area contributed by atoms with E-state index in [-0.39, 0.29) is 0 Å². The Hall–Kier alpha value is -3.02. The third-order valence-electron chi connectivity index (χ3n) is 1.51. The number of benzene rings is 2. The van der Waals surface area contributed by atoms with E-state index in [4.69, 9.17) is 19.8 Å². The Morgan fingerprint density at radius 3 is 1.05 bits per heavy atom. The van der Waals surface area contributed by atoms with E-state index in [1.807, 2.05) is 18.9 Å². The number of hydrogen-bond acceptors (Lipinski definition) is 4. The maximum Gasteiger partial charge on any atom is 0.309 e. The van der Waals surface area contributed by atoms with Gasteiger partial charge in [0.15, 0.2) is 0 Å². The molecule has 0 radical (unpaired) electrons. The van der Waals surface area contributed by atoms with Gasteiger partial charge in [-0.3, -0.25) is 0 Å². The zero-order valence-electron chi connectivity index (χ0n) is 10.8. The first-order chi connectivity index (χ1) is 9.52. The second-order valence-electron chi connectivity index (χ2n) is 3.07. The summed E-state index contributed by atoms with van der Waals surface area (Å²) in [5.74, 6) is 0.644. The Labute approximate surface area is 117 Å². The summed E-state index contributed by atoms with van der Waals surface area (Å²) in [7, 11) is 0. The van der Waals surface area contributed by atoms with Crippen LogP contribution in [0.25, 0.3) is 0 Å². The molecule has 0 aliphatic carbocycles. The summed E-state index contributed by atoms with van der Waals surface area (Å²) in [5, 5.41) is 17.3. The lowest BCUT2D eigenvalue weighted by molar-refractivity contribution is -0.0979. The number of para-hydroxylation sites is 2. The predicted molar refractivity (Wildman–Crippen MR) is 77.1 cm³/mol. The minimum absolute atomic E-state index is 0.322. The van der Waals surface area contributed by atoms with Crippen molar-refractivity contribution in [1.82, 2.24) is 0 Å². The highest BCUT2D eigenvalue weighted by Gasteiger charge is 1.75. The van der Waals surface area contributed by atoms with Gasteiger partial charge in [0, 0.05) is 0 Å². The smallest absolute Gasteiger partial charge is 0.309 e. The fraction of sp³-hybridized carbons (Fsp3) is 0. The molecule has 0 aliphatic rings. The maximum atomic E-state index is 9.00. The number of urea groups is 1. The van der Waals surface area contributed by atoms with Crippen LogP contribution >= 0.6 is 0 Å². The summed E-state index contributed by atoms with van der Waals surface area (Å²) in [5.41, 5.74) is 8.50. The third-order valence-corrected chi connectivity index (χ3v) is 1.51. The number of phenolic OH excluding ortho intramolecular Hbond substituents is 2. The molecule has 0 unspecified atom stereocenters. The van der Waals surface area contributed by atoms with Gasteiger partial charge in [-0.15, -0.1) is 0 Å². The summed E-state index contributed by atoms with van der Waals surface area (Å²) >= 11 is 0. The van der Waals surface area contributed by atoms with E-state index in [0.717, 1.165) is 0 Å². The Kier molecular flexibility index (Phi) is 13.6. The Balaban J connectivity index is 0. The van der Waals surface area contributed by atoms with Crippen molar-refractivity contribution >= 4 is 12.8 Å². The molecule has 0 aromatic heterocycles. The van der Waals surface area contributed by atoms with Crippen LogP contribution in [0.3, 0.4) is 0 Å². The Morgan fingerprint density at radius 1 is 0.750 bits per heavy atom. The van der Waals surface area contributed by atoms with Crippen molar-refractivity contribution in [3.8, 4) is 11.5 Å². The maximum absolute atomic E-state index is 9.00. The molecule has 0 spiro atoms. The molecule has 20 heavy (non-hydrogen) atoms. The zero-order chi connectivity index (χ0) is 15.8. The van der Waals surface area contributed by atoms with Crippen molar-refractivity contribution in [2.45, 2.75) is 0 Å². The van der Waals surface area contributed by atoms with E-state index in [1.54, 1.807) is 48.5 Å². The lowest BCUT2D eigenvalue weighted by atomic mass is 10.3. The molecule has 0 aliphatic heterocycles. The van der Waals surface area contributed by atoms with Gasteiger partial charge in [0.1, 0.15) is 18.3 Å². The minimum Gasteiger partial charge on any atom is -0.508 e. The van der Waals surface area contributed by atoms with Crippen molar-refractivity contribution in [1.29, 1.82) is 0 Å². The summed E-state index contributed by atoms with van der Waals surface area (Å²) in [6, 6.07) is 16.6. The third kappa shape index (κ3) is 17.4. The van der Waals surface area contributed by atoms with Crippen LogP contribution in [0, 0.1) is 0 Å². The van der Waals surface area contributed by atoms with E-state index in [0.29, 0.717) is 11.5 Å². The number of nitrogens with two attached hydrogens (primary N) is 2. The molecule has 6 N–H and O–H groups in total. The first kappa shape index (κ1) is 19.3. The summed E-state index contributed by atoms with van der Waals surface area (Å²) < 4.78 is 0. The van der Waals surface area contributed by atoms with Gasteiger partial charge in [-0.1, -0.05) is 36.4 Å². The van der Waals surface area contributed by atoms with Crippen molar-refractivity contribution in [3.05, 3.63) is 60.7 Å². The number of phenols is 2. The van der Waals surface area contributed by atoms with E-state index < -0.39 is 6.03 Å². The normalized spacial score (nSPS) is 7.40. The minimum atomic E-state index is -0.833. The van der Waals surface area contributed by atoms with Gasteiger partial charge in [0.2, 0.25) is 0 Å². The van der Waals surface area contributed by atoms with Crippen molar-refractivity contribution in [2.75, 3.05) is 0 Å². The number of carbonyl (C=O) groups excluding carboxylic acids is 2. The molecule has 6 nitrogen and oxygen atoms in total. The highest BCUT2D eigenvalue weighted by atomic mass is 16.3. The van der Waals surface area contributed by atoms with Crippen LogP contribution in [0.5, 0.6) is 11.5 Å².